The van der Waals surface area contributed by atoms with Gasteiger partial charge in [0.25, 0.3) is 0 Å². The highest BCUT2D eigenvalue weighted by atomic mass is 16.4. The van der Waals surface area contributed by atoms with Gasteiger partial charge in [0.15, 0.2) is 5.69 Å². The second kappa shape index (κ2) is 6.80. The predicted molar refractivity (Wildman–Crippen MR) is 65.3 cm³/mol. The van der Waals surface area contributed by atoms with Gasteiger partial charge in [0.2, 0.25) is 0 Å². The van der Waals surface area contributed by atoms with Crippen molar-refractivity contribution in [1.82, 2.24) is 14.9 Å². The second-order valence-electron chi connectivity index (χ2n) is 4.03. The van der Waals surface area contributed by atoms with Gasteiger partial charge >= 0.3 is 5.97 Å². The van der Waals surface area contributed by atoms with Crippen LogP contribution in [0.5, 0.6) is 0 Å². The third kappa shape index (κ3) is 5.26. The lowest BCUT2D eigenvalue weighted by Crippen LogP contribution is -2.14. The molecule has 0 aliphatic rings. The standard InChI is InChI=1S/C11H18N4O2/c1-15(2)6-4-3-5-13-10-8-12-7-9(14-10)11(16)17/h7-8H,3-6H2,1-2H3,(H,13,14)(H,16,17). The lowest BCUT2D eigenvalue weighted by atomic mass is 10.3. The van der Waals surface area contributed by atoms with E-state index in [9.17, 15) is 4.79 Å². The van der Waals surface area contributed by atoms with E-state index in [1.54, 1.807) is 0 Å². The van der Waals surface area contributed by atoms with E-state index in [1.165, 1.54) is 12.4 Å². The highest BCUT2D eigenvalue weighted by Gasteiger charge is 2.05. The van der Waals surface area contributed by atoms with Crippen LogP contribution >= 0.6 is 0 Å². The van der Waals surface area contributed by atoms with Gasteiger partial charge < -0.3 is 15.3 Å². The Kier molecular flexibility index (Phi) is 5.35. The van der Waals surface area contributed by atoms with Crippen molar-refractivity contribution < 1.29 is 9.90 Å². The number of carboxylic acids is 1. The molecule has 0 saturated carbocycles. The van der Waals surface area contributed by atoms with Gasteiger partial charge in [-0.2, -0.15) is 0 Å². The summed E-state index contributed by atoms with van der Waals surface area (Å²) in [5.41, 5.74) is -0.0386. The third-order valence-corrected chi connectivity index (χ3v) is 2.19. The number of unbranched alkanes of at least 4 members (excludes halogenated alkanes) is 1. The van der Waals surface area contributed by atoms with E-state index in [-0.39, 0.29) is 5.69 Å². The molecule has 0 aromatic carbocycles. The normalized spacial score (nSPS) is 10.5. The maximum absolute atomic E-state index is 10.7. The summed E-state index contributed by atoms with van der Waals surface area (Å²) in [4.78, 5) is 20.5. The molecule has 1 aromatic heterocycles. The van der Waals surface area contributed by atoms with Crippen LogP contribution in [0.4, 0.5) is 5.82 Å². The van der Waals surface area contributed by atoms with Crippen LogP contribution in [0.25, 0.3) is 0 Å². The maximum atomic E-state index is 10.7. The van der Waals surface area contributed by atoms with E-state index in [4.69, 9.17) is 5.11 Å². The third-order valence-electron chi connectivity index (χ3n) is 2.19. The Hall–Kier alpha value is -1.69. The SMILES string of the molecule is CN(C)CCCCNc1cncc(C(=O)O)n1. The van der Waals surface area contributed by atoms with Crippen LogP contribution in [0.2, 0.25) is 0 Å². The van der Waals surface area contributed by atoms with Gasteiger partial charge in [-0.3, -0.25) is 4.98 Å². The Morgan fingerprint density at radius 1 is 1.41 bits per heavy atom. The first-order chi connectivity index (χ1) is 8.09. The first kappa shape index (κ1) is 13.4. The molecule has 0 radical (unpaired) electrons. The Labute approximate surface area is 101 Å². The number of nitrogens with zero attached hydrogens (tertiary/aromatic N) is 3. The van der Waals surface area contributed by atoms with Gasteiger partial charge in [0.05, 0.1) is 12.4 Å². The Bertz CT molecular complexity index is 368. The van der Waals surface area contributed by atoms with Crippen molar-refractivity contribution in [1.29, 1.82) is 0 Å². The van der Waals surface area contributed by atoms with E-state index >= 15 is 0 Å². The summed E-state index contributed by atoms with van der Waals surface area (Å²) in [6.07, 6.45) is 4.86. The van der Waals surface area contributed by atoms with Crippen molar-refractivity contribution in [2.24, 2.45) is 0 Å². The van der Waals surface area contributed by atoms with E-state index in [0.717, 1.165) is 25.9 Å². The number of carboxylic acid groups (broad SMARTS) is 1. The molecular weight excluding hydrogens is 220 g/mol. The highest BCUT2D eigenvalue weighted by molar-refractivity contribution is 5.85. The monoisotopic (exact) mass is 238 g/mol. The fourth-order valence-electron chi connectivity index (χ4n) is 1.32. The van der Waals surface area contributed by atoms with Crippen molar-refractivity contribution in [3.63, 3.8) is 0 Å². The van der Waals surface area contributed by atoms with E-state index in [0.29, 0.717) is 5.82 Å². The quantitative estimate of drug-likeness (QED) is 0.688. The molecule has 0 atom stereocenters. The molecule has 0 fully saturated rings. The minimum absolute atomic E-state index is 0.0386. The minimum Gasteiger partial charge on any atom is -0.476 e. The zero-order valence-electron chi connectivity index (χ0n) is 10.2. The zero-order chi connectivity index (χ0) is 12.7. The van der Waals surface area contributed by atoms with Crippen LogP contribution in [0, 0.1) is 0 Å². The lowest BCUT2D eigenvalue weighted by Gasteiger charge is -2.09. The Balaban J connectivity index is 2.31. The summed E-state index contributed by atoms with van der Waals surface area (Å²) in [5.74, 6) is -0.552. The second-order valence-corrected chi connectivity index (χ2v) is 4.03. The van der Waals surface area contributed by atoms with Crippen molar-refractivity contribution >= 4 is 11.8 Å². The number of anilines is 1. The zero-order valence-corrected chi connectivity index (χ0v) is 10.2. The number of rotatable bonds is 7. The summed E-state index contributed by atoms with van der Waals surface area (Å²) in [6, 6.07) is 0. The topological polar surface area (TPSA) is 78.4 Å². The molecule has 1 rings (SSSR count). The molecule has 1 heterocycles. The maximum Gasteiger partial charge on any atom is 0.356 e. The molecular formula is C11H18N4O2. The van der Waals surface area contributed by atoms with Crippen molar-refractivity contribution in [2.45, 2.75) is 12.8 Å². The largest absolute Gasteiger partial charge is 0.476 e. The first-order valence-corrected chi connectivity index (χ1v) is 5.53. The van der Waals surface area contributed by atoms with Crippen LogP contribution in [0.1, 0.15) is 23.3 Å². The fraction of sp³-hybridized carbons (Fsp3) is 0.545. The average molecular weight is 238 g/mol. The van der Waals surface area contributed by atoms with Gasteiger partial charge in [-0.15, -0.1) is 0 Å². The molecule has 1 aromatic rings. The van der Waals surface area contributed by atoms with Gasteiger partial charge in [0, 0.05) is 6.54 Å². The number of carbonyl (C=O) groups is 1. The molecule has 0 bridgehead atoms. The van der Waals surface area contributed by atoms with Gasteiger partial charge in [-0.05, 0) is 33.5 Å². The molecule has 6 nitrogen and oxygen atoms in total. The Morgan fingerprint density at radius 3 is 2.82 bits per heavy atom. The molecule has 0 unspecified atom stereocenters. The van der Waals surface area contributed by atoms with E-state index in [2.05, 4.69) is 20.2 Å². The van der Waals surface area contributed by atoms with E-state index in [1.807, 2.05) is 14.1 Å². The molecule has 94 valence electrons. The van der Waals surface area contributed by atoms with E-state index < -0.39 is 5.97 Å². The molecule has 2 N–H and O–H groups in total. The Morgan fingerprint density at radius 2 is 2.18 bits per heavy atom. The number of nitrogens with one attached hydrogen (secondary N) is 1. The minimum atomic E-state index is -1.06. The summed E-state index contributed by atoms with van der Waals surface area (Å²) in [6.45, 7) is 1.81. The van der Waals surface area contributed by atoms with Crippen LogP contribution in [-0.4, -0.2) is 53.1 Å². The number of hydrogen-bond donors (Lipinski definition) is 2. The van der Waals surface area contributed by atoms with Crippen LogP contribution in [0.15, 0.2) is 12.4 Å². The van der Waals surface area contributed by atoms with Crippen LogP contribution < -0.4 is 5.32 Å². The molecule has 0 aliphatic carbocycles. The summed E-state index contributed by atoms with van der Waals surface area (Å²) in [7, 11) is 4.07. The molecule has 0 amide bonds. The number of hydrogen-bond acceptors (Lipinski definition) is 5. The molecule has 0 aliphatic heterocycles. The molecule has 6 heteroatoms. The van der Waals surface area contributed by atoms with Crippen molar-refractivity contribution in [2.75, 3.05) is 32.5 Å². The number of aromatic carboxylic acids is 1. The molecule has 0 spiro atoms. The number of aromatic nitrogens is 2. The highest BCUT2D eigenvalue weighted by Crippen LogP contribution is 2.02. The van der Waals surface area contributed by atoms with Crippen LogP contribution in [0.3, 0.4) is 0 Å². The lowest BCUT2D eigenvalue weighted by molar-refractivity contribution is 0.0690. The smallest absolute Gasteiger partial charge is 0.356 e. The van der Waals surface area contributed by atoms with Gasteiger partial charge in [-0.1, -0.05) is 0 Å². The summed E-state index contributed by atoms with van der Waals surface area (Å²) >= 11 is 0. The molecule has 17 heavy (non-hydrogen) atoms. The summed E-state index contributed by atoms with van der Waals surface area (Å²) < 4.78 is 0. The fourth-order valence-corrected chi connectivity index (χ4v) is 1.32. The average Bonchev–Trinajstić information content (AvgIpc) is 2.28. The van der Waals surface area contributed by atoms with Crippen LogP contribution in [-0.2, 0) is 0 Å². The summed E-state index contributed by atoms with van der Waals surface area (Å²) in [5, 5.41) is 11.8. The molecule has 0 saturated heterocycles. The van der Waals surface area contributed by atoms with Gasteiger partial charge in [0.1, 0.15) is 5.82 Å². The van der Waals surface area contributed by atoms with Gasteiger partial charge in [-0.25, -0.2) is 9.78 Å². The predicted octanol–water partition coefficient (Wildman–Crippen LogP) is 0.928. The van der Waals surface area contributed by atoms with Crippen molar-refractivity contribution in [3.8, 4) is 0 Å². The van der Waals surface area contributed by atoms with Crippen molar-refractivity contribution in [3.05, 3.63) is 18.1 Å². The first-order valence-electron chi connectivity index (χ1n) is 5.53.